The summed E-state index contributed by atoms with van der Waals surface area (Å²) in [7, 11) is 0. The minimum atomic E-state index is 0.893. The minimum Gasteiger partial charge on any atom is -0.309 e. The van der Waals surface area contributed by atoms with Gasteiger partial charge in [0.05, 0.1) is 33.4 Å². The van der Waals surface area contributed by atoms with Gasteiger partial charge in [-0.1, -0.05) is 146 Å². The van der Waals surface area contributed by atoms with Gasteiger partial charge in [0.15, 0.2) is 0 Å². The van der Waals surface area contributed by atoms with Crippen LogP contribution in [0.3, 0.4) is 0 Å². The van der Waals surface area contributed by atoms with Crippen LogP contribution in [0.25, 0.3) is 105 Å². The van der Waals surface area contributed by atoms with Crippen molar-refractivity contribution in [2.75, 3.05) is 0 Å². The number of benzene rings is 8. The molecule has 0 atom stereocenters. The largest absolute Gasteiger partial charge is 0.309 e. The highest BCUT2D eigenvalue weighted by Gasteiger charge is 2.19. The lowest BCUT2D eigenvalue weighted by Gasteiger charge is -2.13. The number of nitrogens with zero attached hydrogens (tertiary/aromatic N) is 3. The van der Waals surface area contributed by atoms with E-state index in [1.807, 2.05) is 6.08 Å². The Balaban J connectivity index is 1.11. The van der Waals surface area contributed by atoms with Crippen LogP contribution in [0.15, 0.2) is 201 Å². The highest BCUT2D eigenvalue weighted by atomic mass is 15.1. The van der Waals surface area contributed by atoms with Crippen molar-refractivity contribution in [2.45, 2.75) is 0 Å². The van der Waals surface area contributed by atoms with E-state index in [1.165, 1.54) is 60.2 Å². The zero-order chi connectivity index (χ0) is 37.2. The van der Waals surface area contributed by atoms with Crippen LogP contribution in [-0.2, 0) is 0 Å². The predicted molar refractivity (Wildman–Crippen MR) is 237 cm³/mol. The maximum absolute atomic E-state index is 5.33. The maximum atomic E-state index is 5.33. The zero-order valence-electron chi connectivity index (χ0n) is 30.6. The molecule has 0 N–H and O–H groups in total. The van der Waals surface area contributed by atoms with Crippen LogP contribution in [0, 0.1) is 0 Å². The number of hydrogen-bond donors (Lipinski definition) is 0. The highest BCUT2D eigenvalue weighted by Crippen LogP contribution is 2.40. The molecule has 3 aromatic heterocycles. The maximum Gasteiger partial charge on any atom is 0.138 e. The van der Waals surface area contributed by atoms with E-state index in [1.54, 1.807) is 0 Å². The van der Waals surface area contributed by atoms with Gasteiger partial charge >= 0.3 is 0 Å². The minimum absolute atomic E-state index is 0.893. The Morgan fingerprint density at radius 1 is 0.375 bits per heavy atom. The number of hydrogen-bond acceptors (Lipinski definition) is 1. The molecule has 0 aliphatic heterocycles. The Morgan fingerprint density at radius 2 is 0.946 bits per heavy atom. The third kappa shape index (κ3) is 5.09. The van der Waals surface area contributed by atoms with Crippen molar-refractivity contribution in [1.82, 2.24) is 14.1 Å². The number of fused-ring (bicyclic) bond motifs is 7. The summed E-state index contributed by atoms with van der Waals surface area (Å²) in [6.45, 7) is 4.09. The molecule has 3 heteroatoms. The van der Waals surface area contributed by atoms with Gasteiger partial charge in [0.25, 0.3) is 0 Å². The second-order valence-corrected chi connectivity index (χ2v) is 14.5. The van der Waals surface area contributed by atoms with E-state index in [0.717, 1.165) is 44.8 Å². The van der Waals surface area contributed by atoms with Crippen molar-refractivity contribution in [2.24, 2.45) is 0 Å². The average molecular weight is 714 g/mol. The SMILES string of the molecule is C=Cc1ccc2c(c1)c1cc(-c3ccc4c(c3)c3ccccc3n4-c3cc(-c4ccccc4)cc(-c4ccccc4)n3)ccc1n2-c1cccc2ccccc12. The van der Waals surface area contributed by atoms with Gasteiger partial charge in [-0.15, -0.1) is 0 Å². The average Bonchev–Trinajstić information content (AvgIpc) is 3.78. The van der Waals surface area contributed by atoms with Gasteiger partial charge in [0, 0.05) is 32.5 Å². The van der Waals surface area contributed by atoms with Crippen LogP contribution in [0.1, 0.15) is 5.56 Å². The summed E-state index contributed by atoms with van der Waals surface area (Å²) in [6.07, 6.45) is 1.93. The van der Waals surface area contributed by atoms with Crippen LogP contribution >= 0.6 is 0 Å². The monoisotopic (exact) mass is 713 g/mol. The summed E-state index contributed by atoms with van der Waals surface area (Å²) in [4.78, 5) is 5.33. The van der Waals surface area contributed by atoms with Crippen molar-refractivity contribution in [3.8, 4) is 45.0 Å². The molecule has 56 heavy (non-hydrogen) atoms. The molecule has 0 unspecified atom stereocenters. The lowest BCUT2D eigenvalue weighted by molar-refractivity contribution is 1.08. The van der Waals surface area contributed by atoms with E-state index >= 15 is 0 Å². The lowest BCUT2D eigenvalue weighted by Crippen LogP contribution is -2.00. The van der Waals surface area contributed by atoms with Crippen molar-refractivity contribution in [3.05, 3.63) is 206 Å². The smallest absolute Gasteiger partial charge is 0.138 e. The molecule has 0 aliphatic rings. The molecule has 0 saturated heterocycles. The predicted octanol–water partition coefficient (Wildman–Crippen LogP) is 14.1. The third-order valence-corrected chi connectivity index (χ3v) is 11.3. The molecule has 0 saturated carbocycles. The summed E-state index contributed by atoms with van der Waals surface area (Å²) in [6, 6.07) is 69.8. The summed E-state index contributed by atoms with van der Waals surface area (Å²) < 4.78 is 4.74. The topological polar surface area (TPSA) is 22.8 Å². The molecule has 262 valence electrons. The molecular weight excluding hydrogens is 679 g/mol. The standard InChI is InChI=1S/C53H35N3/c1-2-35-24-27-50-44(30-35)46-32-40(25-28-51(46)55(50)48-23-13-19-37-16-9-10-20-42(37)48)39-26-29-52-45(31-39)43-21-11-12-22-49(43)56(52)53-34-41(36-14-5-3-6-15-36)33-47(54-53)38-17-7-4-8-18-38/h2-34H,1H2. The molecule has 0 aliphatic carbocycles. The van der Waals surface area contributed by atoms with Crippen LogP contribution < -0.4 is 0 Å². The number of aromatic nitrogens is 3. The van der Waals surface area contributed by atoms with E-state index in [9.17, 15) is 0 Å². The molecule has 3 heterocycles. The molecule has 11 aromatic rings. The fourth-order valence-corrected chi connectivity index (χ4v) is 8.59. The Bertz CT molecular complexity index is 3250. The summed E-state index contributed by atoms with van der Waals surface area (Å²) in [5.41, 5.74) is 13.6. The summed E-state index contributed by atoms with van der Waals surface area (Å²) in [5, 5.41) is 7.27. The van der Waals surface area contributed by atoms with Crippen molar-refractivity contribution in [3.63, 3.8) is 0 Å². The normalized spacial score (nSPS) is 11.6. The van der Waals surface area contributed by atoms with Crippen LogP contribution in [0.2, 0.25) is 0 Å². The van der Waals surface area contributed by atoms with Gasteiger partial charge in [-0.25, -0.2) is 4.98 Å². The first-order chi connectivity index (χ1) is 27.7. The van der Waals surface area contributed by atoms with Gasteiger partial charge in [0.1, 0.15) is 5.82 Å². The van der Waals surface area contributed by atoms with Crippen molar-refractivity contribution in [1.29, 1.82) is 0 Å². The fraction of sp³-hybridized carbons (Fsp3) is 0. The van der Waals surface area contributed by atoms with E-state index in [2.05, 4.69) is 210 Å². The fourth-order valence-electron chi connectivity index (χ4n) is 8.59. The first-order valence-corrected chi connectivity index (χ1v) is 19.1. The Kier molecular flexibility index (Phi) is 7.33. The Hall–Kier alpha value is -7.49. The molecule has 0 bridgehead atoms. The van der Waals surface area contributed by atoms with E-state index in [4.69, 9.17) is 4.98 Å². The second-order valence-electron chi connectivity index (χ2n) is 14.5. The molecule has 3 nitrogen and oxygen atoms in total. The van der Waals surface area contributed by atoms with Gasteiger partial charge in [0.2, 0.25) is 0 Å². The Labute approximate surface area is 324 Å². The zero-order valence-corrected chi connectivity index (χ0v) is 30.6. The molecule has 0 spiro atoms. The molecule has 11 rings (SSSR count). The van der Waals surface area contributed by atoms with Crippen LogP contribution in [0.5, 0.6) is 0 Å². The van der Waals surface area contributed by atoms with Gasteiger partial charge < -0.3 is 4.57 Å². The number of pyridine rings is 1. The highest BCUT2D eigenvalue weighted by molar-refractivity contribution is 6.13. The van der Waals surface area contributed by atoms with Crippen molar-refractivity contribution >= 4 is 60.5 Å². The summed E-state index contributed by atoms with van der Waals surface area (Å²) >= 11 is 0. The quantitative estimate of drug-likeness (QED) is 0.168. The van der Waals surface area contributed by atoms with Gasteiger partial charge in [-0.05, 0) is 93.9 Å². The van der Waals surface area contributed by atoms with Crippen LogP contribution in [-0.4, -0.2) is 14.1 Å². The van der Waals surface area contributed by atoms with Gasteiger partial charge in [-0.3, -0.25) is 4.57 Å². The van der Waals surface area contributed by atoms with E-state index < -0.39 is 0 Å². The van der Waals surface area contributed by atoms with E-state index in [-0.39, 0.29) is 0 Å². The molecule has 0 fully saturated rings. The van der Waals surface area contributed by atoms with Gasteiger partial charge in [-0.2, -0.15) is 0 Å². The first-order valence-electron chi connectivity index (χ1n) is 19.1. The number of rotatable bonds is 6. The lowest BCUT2D eigenvalue weighted by atomic mass is 10.00. The van der Waals surface area contributed by atoms with Crippen LogP contribution in [0.4, 0.5) is 0 Å². The summed E-state index contributed by atoms with van der Waals surface area (Å²) in [5.74, 6) is 0.893. The molecule has 0 radical (unpaired) electrons. The molecule has 0 amide bonds. The first kappa shape index (κ1) is 32.0. The second kappa shape index (κ2) is 12.8. The van der Waals surface area contributed by atoms with E-state index in [0.29, 0.717) is 0 Å². The molecule has 8 aromatic carbocycles. The number of para-hydroxylation sites is 1. The van der Waals surface area contributed by atoms with Crippen molar-refractivity contribution < 1.29 is 0 Å². The third-order valence-electron chi connectivity index (χ3n) is 11.3. The molecular formula is C53H35N3. The Morgan fingerprint density at radius 3 is 1.70 bits per heavy atom.